The molecular weight excluding hydrogens is 306 g/mol. The molecule has 1 aliphatic heterocycles. The Hall–Kier alpha value is -1.85. The fraction of sp³-hybridized carbons (Fsp3) is 0.722. The van der Waals surface area contributed by atoms with Gasteiger partial charge in [-0.1, -0.05) is 31.4 Å². The number of hydrogen-bond donors (Lipinski definition) is 2. The van der Waals surface area contributed by atoms with Gasteiger partial charge in [-0.15, -0.1) is 0 Å². The zero-order valence-electron chi connectivity index (χ0n) is 14.0. The van der Waals surface area contributed by atoms with E-state index in [9.17, 15) is 14.4 Å². The highest BCUT2D eigenvalue weighted by Crippen LogP contribution is 2.52. The third-order valence-electron chi connectivity index (χ3n) is 6.17. The molecular formula is C18H25N3O3. The van der Waals surface area contributed by atoms with Crippen LogP contribution >= 0.6 is 0 Å². The highest BCUT2D eigenvalue weighted by atomic mass is 16.2. The monoisotopic (exact) mass is 331 g/mol. The molecule has 0 spiro atoms. The van der Waals surface area contributed by atoms with Crippen molar-refractivity contribution in [3.8, 4) is 0 Å². The summed E-state index contributed by atoms with van der Waals surface area (Å²) < 4.78 is 0. The van der Waals surface area contributed by atoms with Gasteiger partial charge in [0, 0.05) is 6.04 Å². The molecule has 24 heavy (non-hydrogen) atoms. The molecule has 1 heterocycles. The van der Waals surface area contributed by atoms with Crippen LogP contribution in [0.4, 0.5) is 4.79 Å². The largest absolute Gasteiger partial charge is 0.335 e. The van der Waals surface area contributed by atoms with Gasteiger partial charge >= 0.3 is 6.03 Å². The lowest BCUT2D eigenvalue weighted by atomic mass is 9.85. The van der Waals surface area contributed by atoms with E-state index in [-0.39, 0.29) is 47.6 Å². The molecule has 2 saturated carbocycles. The zero-order valence-corrected chi connectivity index (χ0v) is 14.0. The minimum absolute atomic E-state index is 0.118. The van der Waals surface area contributed by atoms with Crippen molar-refractivity contribution in [2.45, 2.75) is 57.7 Å². The van der Waals surface area contributed by atoms with Gasteiger partial charge in [0.05, 0.1) is 11.8 Å². The number of nitrogens with one attached hydrogen (secondary N) is 2. The second-order valence-electron chi connectivity index (χ2n) is 7.68. The minimum Gasteiger partial charge on any atom is -0.335 e. The molecule has 2 N–H and O–H groups in total. The Morgan fingerprint density at radius 1 is 1.08 bits per heavy atom. The van der Waals surface area contributed by atoms with Gasteiger partial charge in [-0.25, -0.2) is 4.79 Å². The molecule has 5 atom stereocenters. The molecule has 1 saturated heterocycles. The molecule has 130 valence electrons. The summed E-state index contributed by atoms with van der Waals surface area (Å²) in [6.45, 7) is 1.71. The van der Waals surface area contributed by atoms with E-state index in [0.717, 1.165) is 32.1 Å². The first-order valence-electron chi connectivity index (χ1n) is 9.18. The van der Waals surface area contributed by atoms with Crippen LogP contribution in [0, 0.1) is 23.7 Å². The number of rotatable bonds is 3. The fourth-order valence-electron chi connectivity index (χ4n) is 5.04. The smallest absolute Gasteiger partial charge is 0.316 e. The van der Waals surface area contributed by atoms with Gasteiger partial charge in [0.15, 0.2) is 0 Å². The van der Waals surface area contributed by atoms with Crippen molar-refractivity contribution in [2.24, 2.45) is 23.7 Å². The van der Waals surface area contributed by atoms with Crippen LogP contribution in [-0.2, 0) is 9.59 Å². The van der Waals surface area contributed by atoms with Crippen molar-refractivity contribution in [1.82, 2.24) is 15.5 Å². The molecule has 0 radical (unpaired) electrons. The maximum atomic E-state index is 12.7. The summed E-state index contributed by atoms with van der Waals surface area (Å²) in [5.74, 6) is -0.259. The predicted octanol–water partition coefficient (Wildman–Crippen LogP) is 1.77. The Bertz CT molecular complexity index is 566. The number of hydrogen-bond acceptors (Lipinski definition) is 3. The summed E-state index contributed by atoms with van der Waals surface area (Å²) in [6.07, 6.45) is 9.99. The van der Waals surface area contributed by atoms with E-state index in [0.29, 0.717) is 0 Å². The maximum Gasteiger partial charge on any atom is 0.316 e. The Morgan fingerprint density at radius 2 is 1.67 bits per heavy atom. The Labute approximate surface area is 142 Å². The van der Waals surface area contributed by atoms with E-state index in [2.05, 4.69) is 22.8 Å². The van der Waals surface area contributed by atoms with Crippen LogP contribution in [0.25, 0.3) is 0 Å². The Morgan fingerprint density at radius 3 is 2.25 bits per heavy atom. The number of carbonyl (C=O) groups is 3. The van der Waals surface area contributed by atoms with Gasteiger partial charge in [-0.05, 0) is 38.0 Å². The quantitative estimate of drug-likeness (QED) is 0.611. The summed E-state index contributed by atoms with van der Waals surface area (Å²) in [4.78, 5) is 38.9. The summed E-state index contributed by atoms with van der Waals surface area (Å²) in [7, 11) is 0. The van der Waals surface area contributed by atoms with E-state index in [1.807, 2.05) is 0 Å². The first kappa shape index (κ1) is 15.7. The zero-order chi connectivity index (χ0) is 16.8. The number of nitrogens with zero attached hydrogens (tertiary/aromatic N) is 1. The second kappa shape index (κ2) is 5.90. The molecule has 4 rings (SSSR count). The summed E-state index contributed by atoms with van der Waals surface area (Å²) in [5, 5.41) is 5.75. The van der Waals surface area contributed by atoms with Gasteiger partial charge < -0.3 is 10.6 Å². The highest BCUT2D eigenvalue weighted by molar-refractivity contribution is 6.06. The van der Waals surface area contributed by atoms with E-state index in [1.54, 1.807) is 6.92 Å². The molecule has 0 aromatic rings. The van der Waals surface area contributed by atoms with Crippen molar-refractivity contribution in [1.29, 1.82) is 0 Å². The van der Waals surface area contributed by atoms with Crippen LogP contribution in [0.5, 0.6) is 0 Å². The predicted molar refractivity (Wildman–Crippen MR) is 87.6 cm³/mol. The van der Waals surface area contributed by atoms with E-state index >= 15 is 0 Å². The van der Waals surface area contributed by atoms with Crippen LogP contribution in [0.15, 0.2) is 12.2 Å². The van der Waals surface area contributed by atoms with Crippen LogP contribution in [0.3, 0.4) is 0 Å². The van der Waals surface area contributed by atoms with Gasteiger partial charge in [0.25, 0.3) is 0 Å². The van der Waals surface area contributed by atoms with Crippen LogP contribution < -0.4 is 10.6 Å². The van der Waals surface area contributed by atoms with Crippen LogP contribution in [0.2, 0.25) is 0 Å². The number of allylic oxidation sites excluding steroid dienone is 2. The first-order chi connectivity index (χ1) is 11.6. The van der Waals surface area contributed by atoms with E-state index < -0.39 is 6.17 Å². The third-order valence-corrected chi connectivity index (χ3v) is 6.17. The molecule has 5 unspecified atom stereocenters. The van der Waals surface area contributed by atoms with Crippen molar-refractivity contribution < 1.29 is 14.4 Å². The first-order valence-corrected chi connectivity index (χ1v) is 9.18. The summed E-state index contributed by atoms with van der Waals surface area (Å²) in [6, 6.07) is -0.0801. The van der Waals surface area contributed by atoms with Crippen molar-refractivity contribution >= 4 is 17.8 Å². The number of urea groups is 1. The molecule has 4 aliphatic rings. The van der Waals surface area contributed by atoms with E-state index in [4.69, 9.17) is 0 Å². The standard InChI is InChI=1S/C18H25N3O3/c1-10(19-18(24)20-13-5-3-2-4-6-13)21-16(22)14-11-7-8-12(9-11)15(14)17(21)23/h7-8,10-15H,2-6,9H2,1H3,(H2,19,20,24). The third kappa shape index (κ3) is 2.43. The van der Waals surface area contributed by atoms with E-state index in [1.165, 1.54) is 11.3 Å². The average molecular weight is 331 g/mol. The lowest BCUT2D eigenvalue weighted by Gasteiger charge is -2.28. The topological polar surface area (TPSA) is 78.5 Å². The maximum absolute atomic E-state index is 12.7. The number of fused-ring (bicyclic) bond motifs is 5. The number of likely N-dealkylation sites (tertiary alicyclic amines) is 1. The normalized spacial score (nSPS) is 36.1. The highest BCUT2D eigenvalue weighted by Gasteiger charge is 2.60. The van der Waals surface area contributed by atoms with Gasteiger partial charge in [0.2, 0.25) is 11.8 Å². The molecule has 3 aliphatic carbocycles. The molecule has 3 fully saturated rings. The van der Waals surface area contributed by atoms with Gasteiger partial charge in [0.1, 0.15) is 6.17 Å². The van der Waals surface area contributed by atoms with Gasteiger partial charge in [-0.2, -0.15) is 0 Å². The molecule has 0 aromatic carbocycles. The van der Waals surface area contributed by atoms with Crippen LogP contribution in [0.1, 0.15) is 45.4 Å². The fourth-order valence-corrected chi connectivity index (χ4v) is 5.04. The van der Waals surface area contributed by atoms with Crippen molar-refractivity contribution in [3.63, 3.8) is 0 Å². The Kier molecular flexibility index (Phi) is 3.85. The molecule has 0 aromatic heterocycles. The second-order valence-corrected chi connectivity index (χ2v) is 7.68. The minimum atomic E-state index is -0.599. The molecule has 4 amide bonds. The number of amides is 4. The SMILES string of the molecule is CC(NC(=O)NC1CCCCC1)N1C(=O)C2C3C=CC(C3)C2C1=O. The Balaban J connectivity index is 1.38. The summed E-state index contributed by atoms with van der Waals surface area (Å²) >= 11 is 0. The van der Waals surface area contributed by atoms with Crippen molar-refractivity contribution in [3.05, 3.63) is 12.2 Å². The average Bonchev–Trinajstić information content (AvgIpc) is 3.22. The molecule has 6 heteroatoms. The number of carbonyl (C=O) groups excluding carboxylic acids is 3. The molecule has 6 nitrogen and oxygen atoms in total. The van der Waals surface area contributed by atoms with Crippen molar-refractivity contribution in [2.75, 3.05) is 0 Å². The van der Waals surface area contributed by atoms with Gasteiger partial charge in [-0.3, -0.25) is 14.5 Å². The summed E-state index contributed by atoms with van der Waals surface area (Å²) in [5.41, 5.74) is 0. The molecule has 2 bridgehead atoms. The lowest BCUT2D eigenvalue weighted by Crippen LogP contribution is -2.54. The van der Waals surface area contributed by atoms with Crippen LogP contribution in [-0.4, -0.2) is 35.0 Å². The number of imide groups is 1. The lowest BCUT2D eigenvalue weighted by molar-refractivity contribution is -0.143.